The number of hydrogen-bond donors (Lipinski definition) is 1. The van der Waals surface area contributed by atoms with Crippen molar-refractivity contribution < 1.29 is 0 Å². The van der Waals surface area contributed by atoms with Gasteiger partial charge in [-0.3, -0.25) is 4.79 Å². The zero-order valence-electron chi connectivity index (χ0n) is 14.0. The van der Waals surface area contributed by atoms with Crippen LogP contribution in [-0.2, 0) is 19.5 Å². The highest BCUT2D eigenvalue weighted by Gasteiger charge is 2.09. The Hall–Kier alpha value is -1.87. The first kappa shape index (κ1) is 16.5. The molecule has 3 heteroatoms. The second-order valence-electron chi connectivity index (χ2n) is 5.88. The lowest BCUT2D eigenvalue weighted by Gasteiger charge is -2.14. The van der Waals surface area contributed by atoms with Crippen molar-refractivity contribution in [3.05, 3.63) is 57.9 Å². The standard InChI is InChI=1S/C19H26N2O/c1-5-15-7-9-16(10-8-15)18-12-11-17(13-20-14(3)4)19(22)21(18)6-2/h7-12,14,20H,5-6,13H2,1-4H3. The van der Waals surface area contributed by atoms with Crippen LogP contribution in [0.1, 0.15) is 38.8 Å². The minimum absolute atomic E-state index is 0.104. The van der Waals surface area contributed by atoms with E-state index in [2.05, 4.69) is 56.4 Å². The molecule has 3 nitrogen and oxygen atoms in total. The second kappa shape index (κ2) is 7.41. The number of benzene rings is 1. The molecule has 0 aliphatic heterocycles. The van der Waals surface area contributed by atoms with Gasteiger partial charge in [0.25, 0.3) is 5.56 Å². The van der Waals surface area contributed by atoms with Gasteiger partial charge in [-0.1, -0.05) is 51.1 Å². The summed E-state index contributed by atoms with van der Waals surface area (Å²) in [6, 6.07) is 12.9. The third kappa shape index (κ3) is 3.66. The fraction of sp³-hybridized carbons (Fsp3) is 0.421. The van der Waals surface area contributed by atoms with Gasteiger partial charge in [-0.15, -0.1) is 0 Å². The Labute approximate surface area is 133 Å². The van der Waals surface area contributed by atoms with Gasteiger partial charge >= 0.3 is 0 Å². The number of aromatic nitrogens is 1. The van der Waals surface area contributed by atoms with Crippen LogP contribution in [0.3, 0.4) is 0 Å². The topological polar surface area (TPSA) is 34.0 Å². The first-order valence-corrected chi connectivity index (χ1v) is 8.12. The summed E-state index contributed by atoms with van der Waals surface area (Å²) in [5.41, 5.74) is 4.33. The van der Waals surface area contributed by atoms with Gasteiger partial charge in [0.1, 0.15) is 0 Å². The van der Waals surface area contributed by atoms with E-state index >= 15 is 0 Å². The minimum Gasteiger partial charge on any atom is -0.310 e. The van der Waals surface area contributed by atoms with Crippen LogP contribution in [0.5, 0.6) is 0 Å². The molecule has 0 aliphatic carbocycles. The first-order chi connectivity index (χ1) is 10.6. The van der Waals surface area contributed by atoms with Crippen LogP contribution in [0, 0.1) is 0 Å². The van der Waals surface area contributed by atoms with Crippen LogP contribution in [0.2, 0.25) is 0 Å². The molecule has 0 unspecified atom stereocenters. The summed E-state index contributed by atoms with van der Waals surface area (Å²) in [6.45, 7) is 9.63. The van der Waals surface area contributed by atoms with Gasteiger partial charge in [-0.2, -0.15) is 0 Å². The Morgan fingerprint density at radius 3 is 2.27 bits per heavy atom. The molecule has 1 aromatic carbocycles. The van der Waals surface area contributed by atoms with Gasteiger partial charge in [0.2, 0.25) is 0 Å². The number of nitrogens with one attached hydrogen (secondary N) is 1. The third-order valence-corrected chi connectivity index (χ3v) is 3.93. The summed E-state index contributed by atoms with van der Waals surface area (Å²) in [6.07, 6.45) is 1.03. The van der Waals surface area contributed by atoms with Gasteiger partial charge in [-0.05, 0) is 30.5 Å². The Morgan fingerprint density at radius 2 is 1.73 bits per heavy atom. The molecule has 2 aromatic rings. The maximum atomic E-state index is 12.7. The molecule has 22 heavy (non-hydrogen) atoms. The van der Waals surface area contributed by atoms with E-state index in [9.17, 15) is 4.79 Å². The van der Waals surface area contributed by atoms with Crippen LogP contribution < -0.4 is 10.9 Å². The Kier molecular flexibility index (Phi) is 5.56. The fourth-order valence-corrected chi connectivity index (χ4v) is 2.55. The molecule has 0 spiro atoms. The molecule has 0 fully saturated rings. The highest BCUT2D eigenvalue weighted by Crippen LogP contribution is 2.19. The van der Waals surface area contributed by atoms with Crippen molar-refractivity contribution in [1.29, 1.82) is 0 Å². The highest BCUT2D eigenvalue weighted by atomic mass is 16.1. The van der Waals surface area contributed by atoms with Crippen molar-refractivity contribution in [2.75, 3.05) is 0 Å². The second-order valence-corrected chi connectivity index (χ2v) is 5.88. The van der Waals surface area contributed by atoms with E-state index in [0.29, 0.717) is 19.1 Å². The van der Waals surface area contributed by atoms with Gasteiger partial charge in [0, 0.05) is 24.7 Å². The highest BCUT2D eigenvalue weighted by molar-refractivity contribution is 5.60. The van der Waals surface area contributed by atoms with Crippen LogP contribution in [0.15, 0.2) is 41.2 Å². The Balaban J connectivity index is 2.39. The van der Waals surface area contributed by atoms with E-state index < -0.39 is 0 Å². The average molecular weight is 298 g/mol. The summed E-state index contributed by atoms with van der Waals surface area (Å²) < 4.78 is 1.86. The molecular formula is C19H26N2O. The molecule has 1 N–H and O–H groups in total. The fourth-order valence-electron chi connectivity index (χ4n) is 2.55. The molecule has 0 bridgehead atoms. The summed E-state index contributed by atoms with van der Waals surface area (Å²) >= 11 is 0. The third-order valence-electron chi connectivity index (χ3n) is 3.93. The molecule has 1 aromatic heterocycles. The predicted octanol–water partition coefficient (Wildman–Crippen LogP) is 3.60. The molecule has 0 saturated heterocycles. The van der Waals surface area contributed by atoms with Crippen LogP contribution in [0.25, 0.3) is 11.3 Å². The van der Waals surface area contributed by atoms with Crippen molar-refractivity contribution in [2.45, 2.75) is 53.2 Å². The van der Waals surface area contributed by atoms with E-state index in [0.717, 1.165) is 23.2 Å². The zero-order chi connectivity index (χ0) is 16.1. The van der Waals surface area contributed by atoms with Crippen LogP contribution >= 0.6 is 0 Å². The van der Waals surface area contributed by atoms with Gasteiger partial charge in [-0.25, -0.2) is 0 Å². The largest absolute Gasteiger partial charge is 0.310 e. The molecular weight excluding hydrogens is 272 g/mol. The summed E-state index contributed by atoms with van der Waals surface area (Å²) in [5, 5.41) is 3.31. The molecule has 118 valence electrons. The quantitative estimate of drug-likeness (QED) is 0.884. The van der Waals surface area contributed by atoms with E-state index in [-0.39, 0.29) is 5.56 Å². The monoisotopic (exact) mass is 298 g/mol. The van der Waals surface area contributed by atoms with Crippen molar-refractivity contribution in [3.63, 3.8) is 0 Å². The minimum atomic E-state index is 0.104. The molecule has 0 aliphatic rings. The Bertz CT molecular complexity index is 669. The van der Waals surface area contributed by atoms with E-state index in [1.54, 1.807) is 0 Å². The van der Waals surface area contributed by atoms with E-state index in [1.807, 2.05) is 17.6 Å². The molecule has 1 heterocycles. The maximum absolute atomic E-state index is 12.7. The smallest absolute Gasteiger partial charge is 0.255 e. The molecule has 0 radical (unpaired) electrons. The molecule has 0 amide bonds. The first-order valence-electron chi connectivity index (χ1n) is 8.12. The number of aryl methyl sites for hydroxylation is 1. The molecule has 2 rings (SSSR count). The lowest BCUT2D eigenvalue weighted by Crippen LogP contribution is -2.30. The van der Waals surface area contributed by atoms with Crippen molar-refractivity contribution in [3.8, 4) is 11.3 Å². The molecule has 0 atom stereocenters. The van der Waals surface area contributed by atoms with Gasteiger partial charge in [0.05, 0.1) is 5.69 Å². The number of pyridine rings is 1. The number of hydrogen-bond acceptors (Lipinski definition) is 2. The van der Waals surface area contributed by atoms with Crippen LogP contribution in [0.4, 0.5) is 0 Å². The Morgan fingerprint density at radius 1 is 1.05 bits per heavy atom. The maximum Gasteiger partial charge on any atom is 0.255 e. The van der Waals surface area contributed by atoms with E-state index in [1.165, 1.54) is 5.56 Å². The average Bonchev–Trinajstić information content (AvgIpc) is 2.53. The van der Waals surface area contributed by atoms with Gasteiger partial charge < -0.3 is 9.88 Å². The van der Waals surface area contributed by atoms with Crippen molar-refractivity contribution in [2.24, 2.45) is 0 Å². The lowest BCUT2D eigenvalue weighted by molar-refractivity contribution is 0.580. The predicted molar refractivity (Wildman–Crippen MR) is 93.2 cm³/mol. The number of rotatable bonds is 6. The van der Waals surface area contributed by atoms with E-state index in [4.69, 9.17) is 0 Å². The normalized spacial score (nSPS) is 11.1. The summed E-state index contributed by atoms with van der Waals surface area (Å²) in [5.74, 6) is 0. The molecule has 0 saturated carbocycles. The van der Waals surface area contributed by atoms with Crippen molar-refractivity contribution in [1.82, 2.24) is 9.88 Å². The number of nitrogens with zero attached hydrogens (tertiary/aromatic N) is 1. The summed E-state index contributed by atoms with van der Waals surface area (Å²) in [4.78, 5) is 12.7. The zero-order valence-corrected chi connectivity index (χ0v) is 14.0. The SMILES string of the molecule is CCc1ccc(-c2ccc(CNC(C)C)c(=O)n2CC)cc1. The lowest BCUT2D eigenvalue weighted by atomic mass is 10.1. The summed E-state index contributed by atoms with van der Waals surface area (Å²) in [7, 11) is 0. The van der Waals surface area contributed by atoms with Crippen LogP contribution in [-0.4, -0.2) is 10.6 Å². The van der Waals surface area contributed by atoms with Crippen molar-refractivity contribution >= 4 is 0 Å². The van der Waals surface area contributed by atoms with Gasteiger partial charge in [0.15, 0.2) is 0 Å².